The number of para-hydroxylation sites is 1. The standard InChI is InChI=1S/C35H30FN3O3/c1-35(2,34(40)41)19-29-17-26-18-30(42-22-28-13-11-24-5-3-4-6-32(24)38-28)14-16-33(26)39(29)21-23-7-9-25(10-8-23)31-15-12-27(36)20-37-31/h3-18,20H,19,21-22H2,1-2H3,(H,40,41). The number of hydrogen-bond donors (Lipinski definition) is 1. The Bertz CT molecular complexity index is 1890. The fourth-order valence-corrected chi connectivity index (χ4v) is 5.11. The van der Waals surface area contributed by atoms with E-state index < -0.39 is 11.4 Å². The third kappa shape index (κ3) is 5.72. The zero-order chi connectivity index (χ0) is 29.3. The van der Waals surface area contributed by atoms with Crippen LogP contribution in [0.1, 0.15) is 30.8 Å². The summed E-state index contributed by atoms with van der Waals surface area (Å²) in [4.78, 5) is 20.9. The van der Waals surface area contributed by atoms with E-state index in [9.17, 15) is 14.3 Å². The van der Waals surface area contributed by atoms with Crippen LogP contribution in [0.2, 0.25) is 0 Å². The third-order valence-electron chi connectivity index (χ3n) is 7.52. The quantitative estimate of drug-likeness (QED) is 0.197. The molecule has 0 aliphatic carbocycles. The van der Waals surface area contributed by atoms with Gasteiger partial charge >= 0.3 is 5.97 Å². The van der Waals surface area contributed by atoms with Gasteiger partial charge in [0, 0.05) is 40.5 Å². The van der Waals surface area contributed by atoms with Crippen molar-refractivity contribution < 1.29 is 19.0 Å². The monoisotopic (exact) mass is 559 g/mol. The summed E-state index contributed by atoms with van der Waals surface area (Å²) in [5, 5.41) is 11.9. The highest BCUT2D eigenvalue weighted by atomic mass is 19.1. The zero-order valence-corrected chi connectivity index (χ0v) is 23.4. The first-order chi connectivity index (χ1) is 20.2. The highest BCUT2D eigenvalue weighted by molar-refractivity contribution is 5.84. The lowest BCUT2D eigenvalue weighted by Gasteiger charge is -2.21. The zero-order valence-electron chi connectivity index (χ0n) is 23.4. The van der Waals surface area contributed by atoms with Gasteiger partial charge in [-0.2, -0.15) is 0 Å². The van der Waals surface area contributed by atoms with E-state index in [0.717, 1.165) is 50.1 Å². The van der Waals surface area contributed by atoms with Gasteiger partial charge in [-0.3, -0.25) is 9.78 Å². The van der Waals surface area contributed by atoms with Crippen molar-refractivity contribution in [3.05, 3.63) is 126 Å². The number of benzene rings is 3. The first-order valence-electron chi connectivity index (χ1n) is 13.8. The Labute approximate surface area is 243 Å². The second kappa shape index (κ2) is 11.1. The topological polar surface area (TPSA) is 77.2 Å². The molecule has 6 nitrogen and oxygen atoms in total. The van der Waals surface area contributed by atoms with Gasteiger partial charge in [-0.05, 0) is 67.9 Å². The Kier molecular flexibility index (Phi) is 7.17. The smallest absolute Gasteiger partial charge is 0.309 e. The van der Waals surface area contributed by atoms with Crippen LogP contribution in [0, 0.1) is 11.2 Å². The van der Waals surface area contributed by atoms with E-state index in [4.69, 9.17) is 9.72 Å². The number of carboxylic acid groups (broad SMARTS) is 1. The van der Waals surface area contributed by atoms with Gasteiger partial charge in [0.05, 0.1) is 28.5 Å². The molecule has 0 atom stereocenters. The minimum atomic E-state index is -0.939. The lowest BCUT2D eigenvalue weighted by atomic mass is 9.88. The molecule has 3 aromatic heterocycles. The van der Waals surface area contributed by atoms with Crippen LogP contribution in [0.15, 0.2) is 103 Å². The van der Waals surface area contributed by atoms with Gasteiger partial charge in [0.2, 0.25) is 0 Å². The summed E-state index contributed by atoms with van der Waals surface area (Å²) in [6.45, 7) is 4.39. The summed E-state index contributed by atoms with van der Waals surface area (Å²) < 4.78 is 21.6. The van der Waals surface area contributed by atoms with Crippen molar-refractivity contribution in [2.75, 3.05) is 0 Å². The Hall–Kier alpha value is -5.04. The predicted molar refractivity (Wildman–Crippen MR) is 162 cm³/mol. The number of fused-ring (bicyclic) bond motifs is 2. The minimum absolute atomic E-state index is 0.339. The third-order valence-corrected chi connectivity index (χ3v) is 7.52. The number of ether oxygens (including phenoxy) is 1. The van der Waals surface area contributed by atoms with Crippen molar-refractivity contribution in [1.82, 2.24) is 14.5 Å². The maximum atomic E-state index is 13.3. The number of hydrogen-bond acceptors (Lipinski definition) is 4. The van der Waals surface area contributed by atoms with Crippen LogP contribution in [0.5, 0.6) is 5.75 Å². The first kappa shape index (κ1) is 27.1. The fraction of sp³-hybridized carbons (Fsp3) is 0.171. The molecule has 0 spiro atoms. The number of rotatable bonds is 9. The van der Waals surface area contributed by atoms with E-state index in [0.29, 0.717) is 25.3 Å². The molecule has 6 aromatic rings. The van der Waals surface area contributed by atoms with Crippen LogP contribution < -0.4 is 4.74 Å². The molecular formula is C35H30FN3O3. The largest absolute Gasteiger partial charge is 0.487 e. The van der Waals surface area contributed by atoms with Crippen molar-refractivity contribution in [2.24, 2.45) is 5.41 Å². The molecule has 0 radical (unpaired) electrons. The molecular weight excluding hydrogens is 529 g/mol. The van der Waals surface area contributed by atoms with E-state index in [-0.39, 0.29) is 5.82 Å². The Morgan fingerprint density at radius 3 is 2.50 bits per heavy atom. The highest BCUT2D eigenvalue weighted by Crippen LogP contribution is 2.31. The fourth-order valence-electron chi connectivity index (χ4n) is 5.11. The molecule has 0 saturated heterocycles. The molecule has 0 saturated carbocycles. The number of halogens is 1. The molecule has 0 fully saturated rings. The number of carboxylic acids is 1. The second-order valence-corrected chi connectivity index (χ2v) is 11.2. The second-order valence-electron chi connectivity index (χ2n) is 11.2. The molecule has 42 heavy (non-hydrogen) atoms. The van der Waals surface area contributed by atoms with Crippen LogP contribution in [-0.2, 0) is 24.4 Å². The van der Waals surface area contributed by atoms with Gasteiger partial charge in [-0.15, -0.1) is 0 Å². The molecule has 1 N–H and O–H groups in total. The summed E-state index contributed by atoms with van der Waals surface area (Å²) in [5.41, 5.74) is 5.40. The molecule has 0 aliphatic rings. The molecule has 3 aromatic carbocycles. The SMILES string of the molecule is CC(C)(Cc1cc2cc(OCc3ccc4ccccc4n3)ccc2n1Cc1ccc(-c2ccc(F)cn2)cc1)C(=O)O. The van der Waals surface area contributed by atoms with Crippen LogP contribution >= 0.6 is 0 Å². The molecule has 0 unspecified atom stereocenters. The maximum absolute atomic E-state index is 13.3. The lowest BCUT2D eigenvalue weighted by Crippen LogP contribution is -2.27. The van der Waals surface area contributed by atoms with Crippen molar-refractivity contribution >= 4 is 27.8 Å². The Balaban J connectivity index is 1.28. The van der Waals surface area contributed by atoms with Crippen LogP contribution in [0.25, 0.3) is 33.1 Å². The normalized spacial score (nSPS) is 11.7. The number of aromatic nitrogens is 3. The Morgan fingerprint density at radius 1 is 0.929 bits per heavy atom. The first-order valence-corrected chi connectivity index (χ1v) is 13.8. The van der Waals surface area contributed by atoms with Gasteiger partial charge in [-0.1, -0.05) is 48.5 Å². The number of nitrogens with zero attached hydrogens (tertiary/aromatic N) is 3. The van der Waals surface area contributed by atoms with E-state index in [1.807, 2.05) is 78.9 Å². The number of carbonyl (C=O) groups is 1. The summed E-state index contributed by atoms with van der Waals surface area (Å²) in [6, 6.07) is 31.0. The summed E-state index contributed by atoms with van der Waals surface area (Å²) >= 11 is 0. The van der Waals surface area contributed by atoms with E-state index >= 15 is 0 Å². The van der Waals surface area contributed by atoms with Gasteiger partial charge in [0.15, 0.2) is 0 Å². The molecule has 0 bridgehead atoms. The maximum Gasteiger partial charge on any atom is 0.309 e. The minimum Gasteiger partial charge on any atom is -0.487 e. The van der Waals surface area contributed by atoms with Crippen molar-refractivity contribution in [3.63, 3.8) is 0 Å². The molecule has 0 aliphatic heterocycles. The molecule has 210 valence electrons. The molecule has 0 amide bonds. The number of pyridine rings is 2. The highest BCUT2D eigenvalue weighted by Gasteiger charge is 2.29. The summed E-state index contributed by atoms with van der Waals surface area (Å²) in [5.74, 6) is -0.497. The van der Waals surface area contributed by atoms with Gasteiger partial charge in [0.1, 0.15) is 18.2 Å². The van der Waals surface area contributed by atoms with Crippen LogP contribution in [0.4, 0.5) is 4.39 Å². The summed E-state index contributed by atoms with van der Waals surface area (Å²) in [6.07, 6.45) is 1.58. The van der Waals surface area contributed by atoms with E-state index in [2.05, 4.69) is 15.6 Å². The van der Waals surface area contributed by atoms with Crippen molar-refractivity contribution in [1.29, 1.82) is 0 Å². The lowest BCUT2D eigenvalue weighted by molar-refractivity contribution is -0.146. The molecule has 3 heterocycles. The van der Waals surface area contributed by atoms with Crippen LogP contribution in [0.3, 0.4) is 0 Å². The van der Waals surface area contributed by atoms with Gasteiger partial charge in [-0.25, -0.2) is 9.37 Å². The van der Waals surface area contributed by atoms with E-state index in [1.165, 1.54) is 12.3 Å². The Morgan fingerprint density at radius 2 is 1.74 bits per heavy atom. The number of aliphatic carboxylic acids is 1. The average Bonchev–Trinajstić information content (AvgIpc) is 3.31. The van der Waals surface area contributed by atoms with Gasteiger partial charge < -0.3 is 14.4 Å². The van der Waals surface area contributed by atoms with Crippen molar-refractivity contribution in [2.45, 2.75) is 33.4 Å². The van der Waals surface area contributed by atoms with Crippen LogP contribution in [-0.4, -0.2) is 25.6 Å². The summed E-state index contributed by atoms with van der Waals surface area (Å²) in [7, 11) is 0. The molecule has 7 heteroatoms. The predicted octanol–water partition coefficient (Wildman–Crippen LogP) is 7.67. The van der Waals surface area contributed by atoms with E-state index in [1.54, 1.807) is 19.9 Å². The van der Waals surface area contributed by atoms with Gasteiger partial charge in [0.25, 0.3) is 0 Å². The molecule has 6 rings (SSSR count). The van der Waals surface area contributed by atoms with Crippen molar-refractivity contribution in [3.8, 4) is 17.0 Å². The average molecular weight is 560 g/mol.